The minimum absolute atomic E-state index is 0.0244. The molecule has 1 saturated heterocycles. The average Bonchev–Trinajstić information content (AvgIpc) is 3.44. The summed E-state index contributed by atoms with van der Waals surface area (Å²) in [5.41, 5.74) is 3.93. The molecule has 10 nitrogen and oxygen atoms in total. The SMILES string of the molecule is CC1C=C2N(CCN(C(=O)c3ncc4cnn(C5CCCC5)c4n3)C(=O)N2C)N1. The van der Waals surface area contributed by atoms with Crippen molar-refractivity contribution in [3.05, 3.63) is 30.1 Å². The third kappa shape index (κ3) is 2.94. The summed E-state index contributed by atoms with van der Waals surface area (Å²) in [5.74, 6) is 0.294. The molecule has 1 saturated carbocycles. The Labute approximate surface area is 168 Å². The van der Waals surface area contributed by atoms with Crippen molar-refractivity contribution in [1.82, 2.24) is 40.0 Å². The van der Waals surface area contributed by atoms with Gasteiger partial charge in [-0.2, -0.15) is 5.10 Å². The van der Waals surface area contributed by atoms with E-state index in [1.54, 1.807) is 19.4 Å². The highest BCUT2D eigenvalue weighted by Crippen LogP contribution is 2.31. The van der Waals surface area contributed by atoms with Crippen LogP contribution < -0.4 is 5.43 Å². The lowest BCUT2D eigenvalue weighted by atomic mass is 10.2. The summed E-state index contributed by atoms with van der Waals surface area (Å²) >= 11 is 0. The number of imide groups is 1. The normalized spacial score (nSPS) is 23.0. The summed E-state index contributed by atoms with van der Waals surface area (Å²) < 4.78 is 1.91. The van der Waals surface area contributed by atoms with Gasteiger partial charge in [-0.15, -0.1) is 0 Å². The Morgan fingerprint density at radius 2 is 2.00 bits per heavy atom. The van der Waals surface area contributed by atoms with E-state index in [1.807, 2.05) is 22.7 Å². The number of amides is 3. The molecule has 0 aromatic carbocycles. The zero-order chi connectivity index (χ0) is 20.1. The number of carbonyl (C=O) groups excluding carboxylic acids is 2. The second kappa shape index (κ2) is 6.80. The maximum atomic E-state index is 13.2. The monoisotopic (exact) mass is 396 g/mol. The van der Waals surface area contributed by atoms with Crippen molar-refractivity contribution in [2.24, 2.45) is 0 Å². The van der Waals surface area contributed by atoms with Crippen LogP contribution in [0.1, 0.15) is 49.3 Å². The maximum absolute atomic E-state index is 13.2. The van der Waals surface area contributed by atoms with Gasteiger partial charge >= 0.3 is 6.03 Å². The minimum atomic E-state index is -0.488. The predicted octanol–water partition coefficient (Wildman–Crippen LogP) is 1.50. The van der Waals surface area contributed by atoms with E-state index in [4.69, 9.17) is 0 Å². The third-order valence-corrected chi connectivity index (χ3v) is 5.88. The van der Waals surface area contributed by atoms with E-state index in [0.717, 1.165) is 24.0 Å². The number of hydrogen-bond donors (Lipinski definition) is 1. The highest BCUT2D eigenvalue weighted by molar-refractivity contribution is 6.03. The molecular weight excluding hydrogens is 372 g/mol. The Bertz CT molecular complexity index is 1010. The van der Waals surface area contributed by atoms with E-state index in [0.29, 0.717) is 18.2 Å². The molecule has 1 atom stereocenters. The number of nitrogens with one attached hydrogen (secondary N) is 1. The topological polar surface area (TPSA) is 99.5 Å². The Balaban J connectivity index is 1.45. The van der Waals surface area contributed by atoms with Crippen LogP contribution in [0.15, 0.2) is 24.3 Å². The van der Waals surface area contributed by atoms with Gasteiger partial charge in [-0.05, 0) is 25.8 Å². The lowest BCUT2D eigenvalue weighted by molar-refractivity contribution is 0.0776. The van der Waals surface area contributed by atoms with Crippen LogP contribution in [0.25, 0.3) is 11.0 Å². The van der Waals surface area contributed by atoms with Gasteiger partial charge in [-0.25, -0.2) is 24.9 Å². The molecule has 0 spiro atoms. The number of nitrogens with zero attached hydrogens (tertiary/aromatic N) is 7. The first-order chi connectivity index (χ1) is 14.0. The first-order valence-electron chi connectivity index (χ1n) is 10.1. The van der Waals surface area contributed by atoms with Crippen LogP contribution in [0.3, 0.4) is 0 Å². The molecule has 2 aliphatic heterocycles. The molecule has 10 heteroatoms. The maximum Gasteiger partial charge on any atom is 0.332 e. The lowest BCUT2D eigenvalue weighted by Crippen LogP contribution is -2.44. The van der Waals surface area contributed by atoms with Crippen LogP contribution in [0.2, 0.25) is 0 Å². The van der Waals surface area contributed by atoms with Crippen molar-refractivity contribution in [2.75, 3.05) is 20.1 Å². The first kappa shape index (κ1) is 18.0. The largest absolute Gasteiger partial charge is 0.332 e. The molecule has 1 aliphatic carbocycles. The number of fused-ring (bicyclic) bond motifs is 2. The van der Waals surface area contributed by atoms with Gasteiger partial charge in [0.2, 0.25) is 5.82 Å². The standard InChI is InChI=1S/C19H24N8O2/c1-12-9-15-24(2)19(29)25(7-8-26(15)23-12)18(28)16-20-10-13-11-21-27(17(13)22-16)14-5-3-4-6-14/h9-12,14,23H,3-8H2,1-2H3. The molecular formula is C19H24N8O2. The summed E-state index contributed by atoms with van der Waals surface area (Å²) in [6.45, 7) is 2.77. The van der Waals surface area contributed by atoms with E-state index < -0.39 is 5.91 Å². The number of hydrogen-bond acceptors (Lipinski definition) is 7. The molecule has 152 valence electrons. The van der Waals surface area contributed by atoms with Crippen LogP contribution >= 0.6 is 0 Å². The van der Waals surface area contributed by atoms with Gasteiger partial charge in [-0.3, -0.25) is 19.6 Å². The third-order valence-electron chi connectivity index (χ3n) is 5.88. The molecule has 5 rings (SSSR count). The zero-order valence-electron chi connectivity index (χ0n) is 16.6. The van der Waals surface area contributed by atoms with E-state index >= 15 is 0 Å². The highest BCUT2D eigenvalue weighted by Gasteiger charge is 2.36. The lowest BCUT2D eigenvalue weighted by Gasteiger charge is -2.24. The fraction of sp³-hybridized carbons (Fsp3) is 0.526. The van der Waals surface area contributed by atoms with Crippen LogP contribution in [-0.2, 0) is 0 Å². The van der Waals surface area contributed by atoms with E-state index in [2.05, 4.69) is 20.5 Å². The summed E-state index contributed by atoms with van der Waals surface area (Å²) in [5, 5.41) is 7.17. The molecule has 0 radical (unpaired) electrons. The first-order valence-corrected chi connectivity index (χ1v) is 10.1. The smallest absolute Gasteiger partial charge is 0.291 e. The summed E-state index contributed by atoms with van der Waals surface area (Å²) in [6.07, 6.45) is 9.80. The molecule has 0 bridgehead atoms. The number of aromatic nitrogens is 4. The fourth-order valence-corrected chi connectivity index (χ4v) is 4.37. The average molecular weight is 396 g/mol. The van der Waals surface area contributed by atoms with Crippen molar-refractivity contribution < 1.29 is 9.59 Å². The summed E-state index contributed by atoms with van der Waals surface area (Å²) in [6, 6.07) is 0.0697. The summed E-state index contributed by atoms with van der Waals surface area (Å²) in [4.78, 5) is 37.6. The number of carbonyl (C=O) groups is 2. The zero-order valence-corrected chi connectivity index (χ0v) is 16.6. The van der Waals surface area contributed by atoms with Crippen LogP contribution in [0, 0.1) is 0 Å². The van der Waals surface area contributed by atoms with E-state index in [-0.39, 0.29) is 24.4 Å². The number of rotatable bonds is 2. The van der Waals surface area contributed by atoms with Crippen LogP contribution in [0.4, 0.5) is 4.79 Å². The molecule has 29 heavy (non-hydrogen) atoms. The van der Waals surface area contributed by atoms with Gasteiger partial charge in [0.15, 0.2) is 5.65 Å². The van der Waals surface area contributed by atoms with Crippen molar-refractivity contribution in [3.63, 3.8) is 0 Å². The van der Waals surface area contributed by atoms with Gasteiger partial charge in [0.1, 0.15) is 5.82 Å². The van der Waals surface area contributed by atoms with Gasteiger partial charge < -0.3 is 0 Å². The van der Waals surface area contributed by atoms with Gasteiger partial charge in [0.25, 0.3) is 5.91 Å². The Morgan fingerprint density at radius 3 is 2.79 bits per heavy atom. The molecule has 2 aromatic rings. The van der Waals surface area contributed by atoms with Gasteiger partial charge in [-0.1, -0.05) is 12.8 Å². The van der Waals surface area contributed by atoms with Gasteiger partial charge in [0, 0.05) is 19.3 Å². The summed E-state index contributed by atoms with van der Waals surface area (Å²) in [7, 11) is 1.67. The molecule has 3 amide bonds. The molecule has 2 fully saturated rings. The van der Waals surface area contributed by atoms with Crippen LogP contribution in [0.5, 0.6) is 0 Å². The molecule has 4 heterocycles. The Morgan fingerprint density at radius 1 is 1.21 bits per heavy atom. The Hall–Kier alpha value is -3.01. The predicted molar refractivity (Wildman–Crippen MR) is 104 cm³/mol. The second-order valence-corrected chi connectivity index (χ2v) is 7.89. The second-order valence-electron chi connectivity index (χ2n) is 7.89. The van der Waals surface area contributed by atoms with Crippen molar-refractivity contribution in [1.29, 1.82) is 0 Å². The molecule has 1 N–H and O–H groups in total. The molecule has 2 aromatic heterocycles. The Kier molecular flexibility index (Phi) is 4.23. The minimum Gasteiger partial charge on any atom is -0.291 e. The number of hydrazine groups is 1. The van der Waals surface area contributed by atoms with Crippen molar-refractivity contribution in [2.45, 2.75) is 44.7 Å². The van der Waals surface area contributed by atoms with E-state index in [9.17, 15) is 9.59 Å². The number of urea groups is 1. The van der Waals surface area contributed by atoms with Crippen molar-refractivity contribution >= 4 is 23.0 Å². The van der Waals surface area contributed by atoms with E-state index in [1.165, 1.54) is 22.6 Å². The highest BCUT2D eigenvalue weighted by atomic mass is 16.2. The molecule has 1 unspecified atom stereocenters. The molecule has 3 aliphatic rings. The van der Waals surface area contributed by atoms with Crippen LogP contribution in [-0.4, -0.2) is 72.7 Å². The quantitative estimate of drug-likeness (QED) is 0.821. The van der Waals surface area contributed by atoms with Crippen molar-refractivity contribution in [3.8, 4) is 0 Å². The van der Waals surface area contributed by atoms with Gasteiger partial charge in [0.05, 0.1) is 30.7 Å². The fourth-order valence-electron chi connectivity index (χ4n) is 4.37.